The number of rotatable bonds is 4. The Kier molecular flexibility index (Phi) is 4.63. The molecule has 0 aliphatic rings. The number of carbonyl (C=O) groups is 1. The highest BCUT2D eigenvalue weighted by Crippen LogP contribution is 2.19. The summed E-state index contributed by atoms with van der Waals surface area (Å²) in [7, 11) is 0. The molecular formula is C14H10ClN3O3. The summed E-state index contributed by atoms with van der Waals surface area (Å²) in [4.78, 5) is 26.0. The van der Waals surface area contributed by atoms with E-state index in [-0.39, 0.29) is 5.69 Å². The van der Waals surface area contributed by atoms with E-state index in [1.165, 1.54) is 24.4 Å². The number of benzene rings is 1. The van der Waals surface area contributed by atoms with Crippen LogP contribution in [0, 0.1) is 10.1 Å². The number of nitrogens with one attached hydrogen (secondary N) is 1. The lowest BCUT2D eigenvalue weighted by Crippen LogP contribution is -2.08. The molecule has 0 aliphatic heterocycles. The summed E-state index contributed by atoms with van der Waals surface area (Å²) in [6.45, 7) is 0. The number of para-hydroxylation sites is 1. The van der Waals surface area contributed by atoms with Gasteiger partial charge in [0.1, 0.15) is 5.82 Å². The van der Waals surface area contributed by atoms with Gasteiger partial charge >= 0.3 is 0 Å². The first-order valence-corrected chi connectivity index (χ1v) is 6.28. The lowest BCUT2D eigenvalue weighted by atomic mass is 10.1. The number of nitrogens with zero attached hydrogens (tertiary/aromatic N) is 2. The molecule has 0 aliphatic carbocycles. The topological polar surface area (TPSA) is 85.1 Å². The van der Waals surface area contributed by atoms with Crippen molar-refractivity contribution in [3.63, 3.8) is 0 Å². The molecular weight excluding hydrogens is 294 g/mol. The summed E-state index contributed by atoms with van der Waals surface area (Å²) in [6, 6.07) is 9.30. The van der Waals surface area contributed by atoms with Gasteiger partial charge in [-0.05, 0) is 24.3 Å². The number of amides is 1. The number of hydrogen-bond acceptors (Lipinski definition) is 4. The number of nitro groups is 1. The molecule has 0 radical (unpaired) electrons. The zero-order valence-corrected chi connectivity index (χ0v) is 11.4. The highest BCUT2D eigenvalue weighted by molar-refractivity contribution is 6.30. The van der Waals surface area contributed by atoms with Gasteiger partial charge in [-0.3, -0.25) is 14.9 Å². The molecule has 1 aromatic heterocycles. The average Bonchev–Trinajstić information content (AvgIpc) is 2.48. The van der Waals surface area contributed by atoms with E-state index < -0.39 is 10.8 Å². The van der Waals surface area contributed by atoms with Gasteiger partial charge in [-0.15, -0.1) is 0 Å². The largest absolute Gasteiger partial charge is 0.307 e. The van der Waals surface area contributed by atoms with Crippen molar-refractivity contribution in [1.82, 2.24) is 4.98 Å². The Morgan fingerprint density at radius 2 is 2.05 bits per heavy atom. The molecule has 0 atom stereocenters. The summed E-state index contributed by atoms with van der Waals surface area (Å²) in [6.07, 6.45) is 3.99. The maximum absolute atomic E-state index is 11.7. The van der Waals surface area contributed by atoms with Crippen LogP contribution in [0.4, 0.5) is 11.5 Å². The summed E-state index contributed by atoms with van der Waals surface area (Å²) in [5.41, 5.74) is 0.285. The van der Waals surface area contributed by atoms with Crippen molar-refractivity contribution >= 4 is 35.1 Å². The molecule has 21 heavy (non-hydrogen) atoms. The van der Waals surface area contributed by atoms with Crippen molar-refractivity contribution < 1.29 is 9.72 Å². The number of hydrogen-bond donors (Lipinski definition) is 1. The normalized spacial score (nSPS) is 10.5. The monoisotopic (exact) mass is 303 g/mol. The Bertz CT molecular complexity index is 699. The third-order valence-electron chi connectivity index (χ3n) is 2.53. The Labute approximate surface area is 125 Å². The van der Waals surface area contributed by atoms with Crippen LogP contribution in [-0.2, 0) is 4.79 Å². The number of anilines is 1. The van der Waals surface area contributed by atoms with Gasteiger partial charge < -0.3 is 5.32 Å². The zero-order chi connectivity index (χ0) is 15.2. The number of pyridine rings is 1. The summed E-state index contributed by atoms with van der Waals surface area (Å²) < 4.78 is 0. The maximum atomic E-state index is 11.7. The first kappa shape index (κ1) is 14.7. The molecule has 7 heteroatoms. The van der Waals surface area contributed by atoms with Crippen LogP contribution in [0.1, 0.15) is 5.56 Å². The predicted molar refractivity (Wildman–Crippen MR) is 80.0 cm³/mol. The maximum Gasteiger partial charge on any atom is 0.276 e. The first-order chi connectivity index (χ1) is 10.1. The lowest BCUT2D eigenvalue weighted by Gasteiger charge is -2.00. The van der Waals surface area contributed by atoms with E-state index in [0.29, 0.717) is 16.4 Å². The Hall–Kier alpha value is -2.73. The van der Waals surface area contributed by atoms with E-state index in [2.05, 4.69) is 10.3 Å². The molecule has 0 spiro atoms. The van der Waals surface area contributed by atoms with Crippen LogP contribution in [0.25, 0.3) is 6.08 Å². The molecule has 0 bridgehead atoms. The van der Waals surface area contributed by atoms with Gasteiger partial charge in [0.2, 0.25) is 5.91 Å². The highest BCUT2D eigenvalue weighted by atomic mass is 35.5. The zero-order valence-electron chi connectivity index (χ0n) is 10.7. The van der Waals surface area contributed by atoms with Crippen molar-refractivity contribution in [2.24, 2.45) is 0 Å². The standard InChI is InChI=1S/C14H10ClN3O3/c15-11-6-7-13(16-9-11)17-14(19)8-5-10-3-1-2-4-12(10)18(20)21/h1-9H,(H,16,17,19). The average molecular weight is 304 g/mol. The second-order valence-electron chi connectivity index (χ2n) is 4.00. The molecule has 0 saturated carbocycles. The van der Waals surface area contributed by atoms with E-state index in [9.17, 15) is 14.9 Å². The molecule has 106 valence electrons. The van der Waals surface area contributed by atoms with Crippen LogP contribution >= 0.6 is 11.6 Å². The first-order valence-electron chi connectivity index (χ1n) is 5.90. The van der Waals surface area contributed by atoms with Gasteiger partial charge in [-0.1, -0.05) is 23.7 Å². The minimum absolute atomic E-state index is 0.0637. The Balaban J connectivity index is 2.09. The fourth-order valence-corrected chi connectivity index (χ4v) is 1.69. The minimum atomic E-state index is -0.502. The third kappa shape index (κ3) is 4.12. The summed E-state index contributed by atoms with van der Waals surface area (Å²) in [5, 5.41) is 13.8. The van der Waals surface area contributed by atoms with Crippen LogP contribution in [0.3, 0.4) is 0 Å². The number of carbonyl (C=O) groups excluding carboxylic acids is 1. The molecule has 1 N–H and O–H groups in total. The second-order valence-corrected chi connectivity index (χ2v) is 4.44. The van der Waals surface area contributed by atoms with Crippen LogP contribution in [0.2, 0.25) is 5.02 Å². The molecule has 1 amide bonds. The molecule has 0 fully saturated rings. The molecule has 2 rings (SSSR count). The van der Waals surface area contributed by atoms with Crippen molar-refractivity contribution in [1.29, 1.82) is 0 Å². The smallest absolute Gasteiger partial charge is 0.276 e. The van der Waals surface area contributed by atoms with Crippen molar-refractivity contribution in [2.75, 3.05) is 5.32 Å². The van der Waals surface area contributed by atoms with Crippen LogP contribution < -0.4 is 5.32 Å². The third-order valence-corrected chi connectivity index (χ3v) is 2.75. The van der Waals surface area contributed by atoms with E-state index in [0.717, 1.165) is 0 Å². The Morgan fingerprint density at radius 3 is 2.71 bits per heavy atom. The van der Waals surface area contributed by atoms with Crippen LogP contribution in [-0.4, -0.2) is 15.8 Å². The van der Waals surface area contributed by atoms with Crippen molar-refractivity contribution in [3.8, 4) is 0 Å². The van der Waals surface area contributed by atoms with Gasteiger partial charge in [0, 0.05) is 18.3 Å². The Morgan fingerprint density at radius 1 is 1.29 bits per heavy atom. The van der Waals surface area contributed by atoms with E-state index in [1.54, 1.807) is 30.3 Å². The van der Waals surface area contributed by atoms with Gasteiger partial charge in [-0.25, -0.2) is 4.98 Å². The molecule has 1 aromatic carbocycles. The fourth-order valence-electron chi connectivity index (χ4n) is 1.58. The highest BCUT2D eigenvalue weighted by Gasteiger charge is 2.09. The number of aromatic nitrogens is 1. The van der Waals surface area contributed by atoms with E-state index in [1.807, 2.05) is 0 Å². The molecule has 0 unspecified atom stereocenters. The van der Waals surface area contributed by atoms with Gasteiger partial charge in [0.15, 0.2) is 0 Å². The lowest BCUT2D eigenvalue weighted by molar-refractivity contribution is -0.385. The van der Waals surface area contributed by atoms with Crippen LogP contribution in [0.15, 0.2) is 48.7 Å². The SMILES string of the molecule is O=C(C=Cc1ccccc1[N+](=O)[O-])Nc1ccc(Cl)cn1. The second kappa shape index (κ2) is 6.62. The minimum Gasteiger partial charge on any atom is -0.307 e. The summed E-state index contributed by atoms with van der Waals surface area (Å²) in [5.74, 6) is -0.0976. The molecule has 1 heterocycles. The van der Waals surface area contributed by atoms with Crippen LogP contribution in [0.5, 0.6) is 0 Å². The predicted octanol–water partition coefficient (Wildman–Crippen LogP) is 3.30. The quantitative estimate of drug-likeness (QED) is 0.533. The van der Waals surface area contributed by atoms with Gasteiger partial charge in [0.25, 0.3) is 5.69 Å². The van der Waals surface area contributed by atoms with E-state index in [4.69, 9.17) is 11.6 Å². The molecule has 0 saturated heterocycles. The fraction of sp³-hybridized carbons (Fsp3) is 0. The molecule has 6 nitrogen and oxygen atoms in total. The van der Waals surface area contributed by atoms with Crippen molar-refractivity contribution in [3.05, 3.63) is 69.4 Å². The van der Waals surface area contributed by atoms with Gasteiger partial charge in [0.05, 0.1) is 15.5 Å². The van der Waals surface area contributed by atoms with Crippen molar-refractivity contribution in [2.45, 2.75) is 0 Å². The molecule has 2 aromatic rings. The number of halogens is 1. The number of nitro benzene ring substituents is 1. The van der Waals surface area contributed by atoms with E-state index >= 15 is 0 Å². The summed E-state index contributed by atoms with van der Waals surface area (Å²) >= 11 is 5.68. The van der Waals surface area contributed by atoms with Gasteiger partial charge in [-0.2, -0.15) is 0 Å².